The lowest BCUT2D eigenvalue weighted by Crippen LogP contribution is -2.15. The third kappa shape index (κ3) is 3.28. The summed E-state index contributed by atoms with van der Waals surface area (Å²) < 4.78 is 0. The normalized spacial score (nSPS) is 10.2. The van der Waals surface area contributed by atoms with Crippen LogP contribution in [0.3, 0.4) is 0 Å². The summed E-state index contributed by atoms with van der Waals surface area (Å²) >= 11 is 0. The molecule has 0 fully saturated rings. The van der Waals surface area contributed by atoms with Crippen molar-refractivity contribution in [3.8, 4) is 0 Å². The summed E-state index contributed by atoms with van der Waals surface area (Å²) in [6.45, 7) is 6.48. The molecular weight excluding hydrogens is 254 g/mol. The largest absolute Gasteiger partial charge is 0.369 e. The van der Waals surface area contributed by atoms with Crippen molar-refractivity contribution >= 4 is 17.4 Å². The van der Waals surface area contributed by atoms with E-state index < -0.39 is 0 Å². The maximum Gasteiger partial charge on any atom is 0.275 e. The van der Waals surface area contributed by atoms with E-state index in [2.05, 4.69) is 25.6 Å². The van der Waals surface area contributed by atoms with Gasteiger partial charge in [0.1, 0.15) is 11.5 Å². The van der Waals surface area contributed by atoms with Gasteiger partial charge >= 0.3 is 0 Å². The van der Waals surface area contributed by atoms with Crippen LogP contribution in [0.5, 0.6) is 0 Å². The molecule has 0 saturated carbocycles. The van der Waals surface area contributed by atoms with Crippen molar-refractivity contribution in [3.05, 3.63) is 41.6 Å². The molecule has 0 aromatic carbocycles. The van der Waals surface area contributed by atoms with E-state index in [1.54, 1.807) is 6.20 Å². The van der Waals surface area contributed by atoms with Gasteiger partial charge in [-0.05, 0) is 32.9 Å². The molecule has 2 rings (SSSR count). The van der Waals surface area contributed by atoms with Crippen molar-refractivity contribution in [2.75, 3.05) is 17.2 Å². The fraction of sp³-hybridized carbons (Fsp3) is 0.286. The third-order valence-corrected chi connectivity index (χ3v) is 2.72. The molecule has 6 nitrogen and oxygen atoms in total. The van der Waals surface area contributed by atoms with Crippen molar-refractivity contribution in [2.24, 2.45) is 0 Å². The second-order valence-electron chi connectivity index (χ2n) is 4.36. The quantitative estimate of drug-likeness (QED) is 0.890. The Kier molecular flexibility index (Phi) is 4.24. The van der Waals surface area contributed by atoms with E-state index in [-0.39, 0.29) is 11.6 Å². The molecular formula is C14H17N5O. The van der Waals surface area contributed by atoms with Crippen LogP contribution in [0, 0.1) is 13.8 Å². The van der Waals surface area contributed by atoms with Crippen molar-refractivity contribution in [2.45, 2.75) is 20.8 Å². The van der Waals surface area contributed by atoms with E-state index >= 15 is 0 Å². The molecule has 0 atom stereocenters. The molecule has 0 aliphatic heterocycles. The lowest BCUT2D eigenvalue weighted by Gasteiger charge is -2.08. The lowest BCUT2D eigenvalue weighted by atomic mass is 10.2. The Balaban J connectivity index is 2.11. The van der Waals surface area contributed by atoms with Gasteiger partial charge in [-0.3, -0.25) is 9.78 Å². The predicted octanol–water partition coefficient (Wildman–Crippen LogP) is 2.17. The molecule has 20 heavy (non-hydrogen) atoms. The van der Waals surface area contributed by atoms with Gasteiger partial charge in [-0.1, -0.05) is 0 Å². The summed E-state index contributed by atoms with van der Waals surface area (Å²) in [5.41, 5.74) is 2.63. The monoisotopic (exact) mass is 271 g/mol. The van der Waals surface area contributed by atoms with E-state index in [4.69, 9.17) is 0 Å². The highest BCUT2D eigenvalue weighted by molar-refractivity contribution is 6.02. The molecule has 0 spiro atoms. The number of hydrogen-bond acceptors (Lipinski definition) is 5. The van der Waals surface area contributed by atoms with Gasteiger partial charge in [0.15, 0.2) is 0 Å². The Morgan fingerprint density at radius 1 is 1.20 bits per heavy atom. The van der Waals surface area contributed by atoms with Gasteiger partial charge in [0, 0.05) is 12.2 Å². The number of hydrogen-bond donors (Lipinski definition) is 2. The molecule has 2 aromatic rings. The van der Waals surface area contributed by atoms with Crippen LogP contribution in [-0.2, 0) is 0 Å². The third-order valence-electron chi connectivity index (χ3n) is 2.72. The topological polar surface area (TPSA) is 79.8 Å². The summed E-state index contributed by atoms with van der Waals surface area (Å²) in [5.74, 6) is 0.353. The minimum absolute atomic E-state index is 0.270. The van der Waals surface area contributed by atoms with E-state index in [9.17, 15) is 4.79 Å². The number of anilines is 2. The van der Waals surface area contributed by atoms with E-state index in [1.165, 1.54) is 6.20 Å². The maximum atomic E-state index is 12.1. The number of nitrogens with zero attached hydrogens (tertiary/aromatic N) is 3. The Hall–Kier alpha value is -2.50. The zero-order chi connectivity index (χ0) is 14.5. The average Bonchev–Trinajstić information content (AvgIpc) is 2.43. The molecule has 6 heteroatoms. The van der Waals surface area contributed by atoms with Gasteiger partial charge < -0.3 is 10.6 Å². The molecule has 2 heterocycles. The Morgan fingerprint density at radius 3 is 2.60 bits per heavy atom. The minimum atomic E-state index is -0.297. The summed E-state index contributed by atoms with van der Waals surface area (Å²) in [6, 6.07) is 3.68. The second kappa shape index (κ2) is 6.10. The Bertz CT molecular complexity index is 609. The average molecular weight is 271 g/mol. The van der Waals surface area contributed by atoms with Crippen LogP contribution >= 0.6 is 0 Å². The molecule has 1 amide bonds. The Morgan fingerprint density at radius 2 is 2.00 bits per heavy atom. The van der Waals surface area contributed by atoms with Crippen molar-refractivity contribution in [1.29, 1.82) is 0 Å². The summed E-state index contributed by atoms with van der Waals surface area (Å²) in [4.78, 5) is 24.6. The number of carbonyl (C=O) groups is 1. The number of aryl methyl sites for hydroxylation is 2. The standard InChI is InChI=1S/C14H17N5O/c1-4-15-13-8-16-12(7-17-13)14(20)19-11-6-5-9(2)18-10(11)3/h5-8H,4H2,1-3H3,(H,15,17)(H,19,20). The van der Waals surface area contributed by atoms with Crippen LogP contribution in [0.15, 0.2) is 24.5 Å². The minimum Gasteiger partial charge on any atom is -0.369 e. The smallest absolute Gasteiger partial charge is 0.275 e. The first-order valence-corrected chi connectivity index (χ1v) is 6.41. The van der Waals surface area contributed by atoms with Crippen LogP contribution in [0.4, 0.5) is 11.5 Å². The first-order valence-electron chi connectivity index (χ1n) is 6.41. The van der Waals surface area contributed by atoms with E-state index in [0.29, 0.717) is 11.5 Å². The van der Waals surface area contributed by atoms with Gasteiger partial charge in [-0.25, -0.2) is 9.97 Å². The van der Waals surface area contributed by atoms with Crippen molar-refractivity contribution in [1.82, 2.24) is 15.0 Å². The van der Waals surface area contributed by atoms with Gasteiger partial charge in [-0.2, -0.15) is 0 Å². The molecule has 0 bridgehead atoms. The van der Waals surface area contributed by atoms with E-state index in [1.807, 2.05) is 32.9 Å². The second-order valence-corrected chi connectivity index (χ2v) is 4.36. The highest BCUT2D eigenvalue weighted by Gasteiger charge is 2.10. The molecule has 0 radical (unpaired) electrons. The van der Waals surface area contributed by atoms with Gasteiger partial charge in [0.05, 0.1) is 23.8 Å². The van der Waals surface area contributed by atoms with Gasteiger partial charge in [-0.15, -0.1) is 0 Å². The zero-order valence-electron chi connectivity index (χ0n) is 11.8. The van der Waals surface area contributed by atoms with Crippen LogP contribution in [-0.4, -0.2) is 27.4 Å². The molecule has 104 valence electrons. The van der Waals surface area contributed by atoms with Crippen LogP contribution in [0.1, 0.15) is 28.8 Å². The number of pyridine rings is 1. The van der Waals surface area contributed by atoms with Crippen molar-refractivity contribution in [3.63, 3.8) is 0 Å². The van der Waals surface area contributed by atoms with Crippen LogP contribution < -0.4 is 10.6 Å². The van der Waals surface area contributed by atoms with Crippen molar-refractivity contribution < 1.29 is 4.79 Å². The molecule has 0 unspecified atom stereocenters. The SMILES string of the molecule is CCNc1cnc(C(=O)Nc2ccc(C)nc2C)cn1. The summed E-state index contributed by atoms with van der Waals surface area (Å²) in [6.07, 6.45) is 2.99. The first kappa shape index (κ1) is 13.9. The molecule has 2 aromatic heterocycles. The van der Waals surface area contributed by atoms with Crippen LogP contribution in [0.2, 0.25) is 0 Å². The number of amides is 1. The highest BCUT2D eigenvalue weighted by atomic mass is 16.1. The highest BCUT2D eigenvalue weighted by Crippen LogP contribution is 2.13. The number of nitrogens with one attached hydrogen (secondary N) is 2. The first-order chi connectivity index (χ1) is 9.60. The van der Waals surface area contributed by atoms with Gasteiger partial charge in [0.25, 0.3) is 5.91 Å². The Labute approximate surface area is 117 Å². The molecule has 0 aliphatic rings. The number of aromatic nitrogens is 3. The van der Waals surface area contributed by atoms with E-state index in [0.717, 1.165) is 17.9 Å². The fourth-order valence-electron chi connectivity index (χ4n) is 1.72. The number of carbonyl (C=O) groups excluding carboxylic acids is 1. The predicted molar refractivity (Wildman–Crippen MR) is 77.9 cm³/mol. The molecule has 0 aliphatic carbocycles. The summed E-state index contributed by atoms with van der Waals surface area (Å²) in [5, 5.41) is 5.80. The van der Waals surface area contributed by atoms with Gasteiger partial charge in [0.2, 0.25) is 0 Å². The lowest BCUT2D eigenvalue weighted by molar-refractivity contribution is 0.102. The summed E-state index contributed by atoms with van der Waals surface area (Å²) in [7, 11) is 0. The number of rotatable bonds is 4. The molecule has 2 N–H and O–H groups in total. The zero-order valence-corrected chi connectivity index (χ0v) is 11.8. The fourth-order valence-corrected chi connectivity index (χ4v) is 1.72. The molecule has 0 saturated heterocycles. The van der Waals surface area contributed by atoms with Crippen LogP contribution in [0.25, 0.3) is 0 Å². The maximum absolute atomic E-state index is 12.1.